The molecule has 2 aliphatic rings. The predicted octanol–water partition coefficient (Wildman–Crippen LogP) is -3.69. The van der Waals surface area contributed by atoms with Crippen LogP contribution in [0.4, 0.5) is 4.39 Å². The topological polar surface area (TPSA) is 184 Å². The maximum Gasteiger partial charge on any atom is 0.330 e. The molecule has 2 fully saturated rings. The summed E-state index contributed by atoms with van der Waals surface area (Å²) >= 11 is 0. The summed E-state index contributed by atoms with van der Waals surface area (Å²) in [6.07, 6.45) is -11.2. The molecule has 2 saturated heterocycles. The van der Waals surface area contributed by atoms with Crippen LogP contribution >= 0.6 is 0 Å². The third-order valence-corrected chi connectivity index (χ3v) is 4.82. The van der Waals surface area contributed by atoms with Gasteiger partial charge in [0.15, 0.2) is 12.5 Å². The number of ether oxygens (including phenoxy) is 3. The highest BCUT2D eigenvalue weighted by Gasteiger charge is 2.50. The number of rotatable bonds is 6. The lowest BCUT2D eigenvalue weighted by atomic mass is 10.1. The van der Waals surface area contributed by atoms with Gasteiger partial charge < -0.3 is 39.7 Å². The van der Waals surface area contributed by atoms with E-state index in [1.165, 1.54) is 0 Å². The van der Waals surface area contributed by atoms with Crippen LogP contribution in [0.2, 0.25) is 0 Å². The average molecular weight is 420 g/mol. The van der Waals surface area contributed by atoms with Crippen molar-refractivity contribution in [3.8, 4) is 0 Å². The predicted molar refractivity (Wildman–Crippen MR) is 90.0 cm³/mol. The summed E-state index contributed by atoms with van der Waals surface area (Å²) in [6.45, 7) is 2.93. The van der Waals surface area contributed by atoms with E-state index < -0.39 is 78.9 Å². The fourth-order valence-electron chi connectivity index (χ4n) is 3.24. The molecule has 12 nitrogen and oxygen atoms in total. The standard InChI is InChI=1S/C16H21FN2O10/c1-2-6(27-15-11(24)8(21)7(4-20)28-15)12-9(22)10(23)14(29-12)19-3-5(17)13(25)18-16(19)26/h2-3,6-12,14-15,20-24H,1,4H2,(H,18,25,26)/t6?,7-,8-,9+,10-,11+,12-,14-,15?/m1/s1. The summed E-state index contributed by atoms with van der Waals surface area (Å²) in [5.74, 6) is -1.30. The van der Waals surface area contributed by atoms with E-state index in [-0.39, 0.29) is 0 Å². The van der Waals surface area contributed by atoms with Crippen molar-refractivity contribution in [2.45, 2.75) is 55.2 Å². The zero-order valence-corrected chi connectivity index (χ0v) is 14.9. The van der Waals surface area contributed by atoms with Crippen LogP contribution in [0.15, 0.2) is 28.4 Å². The Kier molecular flexibility index (Phi) is 6.30. The maximum absolute atomic E-state index is 13.5. The van der Waals surface area contributed by atoms with Crippen LogP contribution in [0, 0.1) is 5.82 Å². The molecule has 0 saturated carbocycles. The van der Waals surface area contributed by atoms with Gasteiger partial charge in [0, 0.05) is 0 Å². The van der Waals surface area contributed by atoms with E-state index in [0.717, 1.165) is 6.08 Å². The Morgan fingerprint density at radius 1 is 1.21 bits per heavy atom. The fourth-order valence-corrected chi connectivity index (χ4v) is 3.24. The first kappa shape index (κ1) is 21.7. The van der Waals surface area contributed by atoms with E-state index in [0.29, 0.717) is 10.8 Å². The molecule has 0 aromatic carbocycles. The molecule has 2 aliphatic heterocycles. The van der Waals surface area contributed by atoms with Crippen molar-refractivity contribution < 1.29 is 44.1 Å². The second-order valence-electron chi connectivity index (χ2n) is 6.66. The Bertz CT molecular complexity index is 859. The number of nitrogens with one attached hydrogen (secondary N) is 1. The van der Waals surface area contributed by atoms with Gasteiger partial charge in [0.25, 0.3) is 5.56 Å². The van der Waals surface area contributed by atoms with Gasteiger partial charge in [0.2, 0.25) is 5.82 Å². The van der Waals surface area contributed by atoms with Gasteiger partial charge in [-0.15, -0.1) is 6.58 Å². The van der Waals surface area contributed by atoms with Crippen molar-refractivity contribution in [2.75, 3.05) is 6.61 Å². The van der Waals surface area contributed by atoms with Crippen LogP contribution in [-0.2, 0) is 14.2 Å². The molecule has 0 radical (unpaired) electrons. The molecule has 2 unspecified atom stereocenters. The number of aromatic nitrogens is 2. The highest BCUT2D eigenvalue weighted by Crippen LogP contribution is 2.33. The summed E-state index contributed by atoms with van der Waals surface area (Å²) in [4.78, 5) is 24.8. The molecule has 29 heavy (non-hydrogen) atoms. The third-order valence-electron chi connectivity index (χ3n) is 4.82. The second-order valence-corrected chi connectivity index (χ2v) is 6.66. The molecular formula is C16H21FN2O10. The van der Waals surface area contributed by atoms with E-state index in [1.54, 1.807) is 4.98 Å². The molecule has 3 rings (SSSR count). The SMILES string of the molecule is C=CC(OC1O[C@H](CO)[C@@H](O)[C@@H]1O)[C@H]1O[C@@H](n2cc(F)c(=O)[nH]c2=O)[C@H](O)[C@@H]1O. The highest BCUT2D eigenvalue weighted by atomic mass is 19.1. The Hall–Kier alpha value is -1.97. The summed E-state index contributed by atoms with van der Waals surface area (Å²) in [6, 6.07) is 0. The van der Waals surface area contributed by atoms with Crippen LogP contribution in [-0.4, -0.2) is 90.7 Å². The number of aromatic amines is 1. The smallest absolute Gasteiger partial charge is 0.330 e. The molecule has 9 atom stereocenters. The van der Waals surface area contributed by atoms with Crippen LogP contribution < -0.4 is 11.2 Å². The summed E-state index contributed by atoms with van der Waals surface area (Å²) in [7, 11) is 0. The van der Waals surface area contributed by atoms with Crippen LogP contribution in [0.1, 0.15) is 6.23 Å². The zero-order valence-electron chi connectivity index (χ0n) is 14.9. The average Bonchev–Trinajstić information content (AvgIpc) is 3.13. The lowest BCUT2D eigenvalue weighted by molar-refractivity contribution is -0.211. The molecule has 0 amide bonds. The molecular weight excluding hydrogens is 399 g/mol. The van der Waals surface area contributed by atoms with Gasteiger partial charge in [-0.1, -0.05) is 6.08 Å². The number of nitrogens with zero attached hydrogens (tertiary/aromatic N) is 1. The van der Waals surface area contributed by atoms with Gasteiger partial charge in [0.05, 0.1) is 12.8 Å². The lowest BCUT2D eigenvalue weighted by Crippen LogP contribution is -2.43. The molecule has 0 spiro atoms. The number of aliphatic hydroxyl groups is 5. The Morgan fingerprint density at radius 2 is 1.90 bits per heavy atom. The second kappa shape index (κ2) is 8.41. The first-order chi connectivity index (χ1) is 13.7. The van der Waals surface area contributed by atoms with Crippen LogP contribution in [0.5, 0.6) is 0 Å². The van der Waals surface area contributed by atoms with Crippen LogP contribution in [0.3, 0.4) is 0 Å². The van der Waals surface area contributed by atoms with E-state index >= 15 is 0 Å². The third kappa shape index (κ3) is 3.91. The van der Waals surface area contributed by atoms with Crippen molar-refractivity contribution in [1.82, 2.24) is 9.55 Å². The van der Waals surface area contributed by atoms with Crippen LogP contribution in [0.25, 0.3) is 0 Å². The summed E-state index contributed by atoms with van der Waals surface area (Å²) < 4.78 is 30.2. The van der Waals surface area contributed by atoms with Gasteiger partial charge >= 0.3 is 5.69 Å². The monoisotopic (exact) mass is 420 g/mol. The first-order valence-corrected chi connectivity index (χ1v) is 8.62. The first-order valence-electron chi connectivity index (χ1n) is 8.62. The molecule has 6 N–H and O–H groups in total. The van der Waals surface area contributed by atoms with E-state index in [9.17, 15) is 34.4 Å². The molecule has 1 aromatic heterocycles. The zero-order chi connectivity index (χ0) is 21.5. The van der Waals surface area contributed by atoms with Gasteiger partial charge in [-0.25, -0.2) is 4.79 Å². The van der Waals surface area contributed by atoms with Gasteiger partial charge in [-0.2, -0.15) is 4.39 Å². The summed E-state index contributed by atoms with van der Waals surface area (Å²) in [5, 5.41) is 49.4. The maximum atomic E-state index is 13.5. The summed E-state index contributed by atoms with van der Waals surface area (Å²) in [5.41, 5.74) is -2.33. The number of hydrogen-bond donors (Lipinski definition) is 6. The number of aliphatic hydroxyl groups excluding tert-OH is 5. The van der Waals surface area contributed by atoms with Gasteiger partial charge in [-0.3, -0.25) is 14.3 Å². The highest BCUT2D eigenvalue weighted by molar-refractivity contribution is 5.01. The molecule has 3 heterocycles. The van der Waals surface area contributed by atoms with Crippen molar-refractivity contribution in [1.29, 1.82) is 0 Å². The van der Waals surface area contributed by atoms with E-state index in [2.05, 4.69) is 6.58 Å². The fraction of sp³-hybridized carbons (Fsp3) is 0.625. The molecule has 13 heteroatoms. The Morgan fingerprint density at radius 3 is 2.48 bits per heavy atom. The van der Waals surface area contributed by atoms with Gasteiger partial charge in [-0.05, 0) is 0 Å². The molecule has 162 valence electrons. The van der Waals surface area contributed by atoms with Gasteiger partial charge in [0.1, 0.15) is 42.7 Å². The Balaban J connectivity index is 1.80. The minimum Gasteiger partial charge on any atom is -0.394 e. The quantitative estimate of drug-likeness (QED) is 0.250. The van der Waals surface area contributed by atoms with Crippen molar-refractivity contribution in [3.05, 3.63) is 45.5 Å². The largest absolute Gasteiger partial charge is 0.394 e. The minimum absolute atomic E-state index is 0.528. The normalized spacial score (nSPS) is 38.3. The van der Waals surface area contributed by atoms with Crippen molar-refractivity contribution in [2.24, 2.45) is 0 Å². The Labute approximate surface area is 162 Å². The van der Waals surface area contributed by atoms with Crippen molar-refractivity contribution >= 4 is 0 Å². The minimum atomic E-state index is -1.71. The van der Waals surface area contributed by atoms with E-state index in [4.69, 9.17) is 19.3 Å². The number of halogens is 1. The number of hydrogen-bond acceptors (Lipinski definition) is 10. The van der Waals surface area contributed by atoms with E-state index in [1.807, 2.05) is 0 Å². The molecule has 1 aromatic rings. The number of H-pyrrole nitrogens is 1. The molecule has 0 aliphatic carbocycles. The lowest BCUT2D eigenvalue weighted by Gasteiger charge is -2.27. The molecule has 0 bridgehead atoms. The van der Waals surface area contributed by atoms with Crippen molar-refractivity contribution in [3.63, 3.8) is 0 Å².